The fourth-order valence-electron chi connectivity index (χ4n) is 3.81. The summed E-state index contributed by atoms with van der Waals surface area (Å²) in [6.07, 6.45) is 1.99. The zero-order chi connectivity index (χ0) is 20.1. The summed E-state index contributed by atoms with van der Waals surface area (Å²) in [6, 6.07) is 1.64. The third kappa shape index (κ3) is 5.98. The molecule has 0 aliphatic carbocycles. The second kappa shape index (κ2) is 9.31. The molecule has 3 rings (SSSR count). The second-order valence-corrected chi connectivity index (χ2v) is 8.03. The van der Waals surface area contributed by atoms with E-state index in [1.807, 2.05) is 4.90 Å². The van der Waals surface area contributed by atoms with E-state index in [9.17, 15) is 18.0 Å². The van der Waals surface area contributed by atoms with Gasteiger partial charge in [0.15, 0.2) is 0 Å². The van der Waals surface area contributed by atoms with Crippen LogP contribution in [0.4, 0.5) is 19.0 Å². The molecule has 2 fully saturated rings. The maximum Gasteiger partial charge on any atom is 0.401 e. The molecule has 5 nitrogen and oxygen atoms in total. The van der Waals surface area contributed by atoms with E-state index >= 15 is 0 Å². The van der Waals surface area contributed by atoms with Gasteiger partial charge in [0.25, 0.3) is 5.91 Å². The summed E-state index contributed by atoms with van der Waals surface area (Å²) in [6.45, 7) is 2.18. The number of carbonyl (C=O) groups is 1. The Balaban J connectivity index is 1.48. The van der Waals surface area contributed by atoms with Crippen LogP contribution >= 0.6 is 11.6 Å². The lowest BCUT2D eigenvalue weighted by molar-refractivity contribution is -0.148. The van der Waals surface area contributed by atoms with Crippen LogP contribution in [0.5, 0.6) is 0 Å². The zero-order valence-electron chi connectivity index (χ0n) is 15.8. The molecule has 0 aromatic carbocycles. The molecule has 0 saturated carbocycles. The Hall–Kier alpha value is -1.54. The molecule has 1 amide bonds. The molecule has 1 aromatic heterocycles. The first kappa shape index (κ1) is 21.2. The number of nitrogens with zero attached hydrogens (tertiary/aromatic N) is 3. The lowest BCUT2D eigenvalue weighted by atomic mass is 9.97. The first-order valence-corrected chi connectivity index (χ1v) is 10.2. The largest absolute Gasteiger partial charge is 0.401 e. The number of halogens is 4. The van der Waals surface area contributed by atoms with E-state index in [0.29, 0.717) is 48.9 Å². The molecule has 1 N–H and O–H groups in total. The second-order valence-electron chi connectivity index (χ2n) is 7.62. The van der Waals surface area contributed by atoms with Gasteiger partial charge < -0.3 is 10.2 Å². The van der Waals surface area contributed by atoms with Crippen molar-refractivity contribution in [2.24, 2.45) is 5.92 Å². The van der Waals surface area contributed by atoms with E-state index in [-0.39, 0.29) is 11.8 Å². The molecule has 3 heterocycles. The highest BCUT2D eigenvalue weighted by Gasteiger charge is 2.32. The van der Waals surface area contributed by atoms with E-state index in [1.54, 1.807) is 6.07 Å². The molecular formula is C19H26ClF3N4O. The van der Waals surface area contributed by atoms with Crippen molar-refractivity contribution in [3.8, 4) is 0 Å². The molecule has 28 heavy (non-hydrogen) atoms. The van der Waals surface area contributed by atoms with Crippen molar-refractivity contribution in [1.82, 2.24) is 14.8 Å². The van der Waals surface area contributed by atoms with E-state index in [0.717, 1.165) is 32.4 Å². The normalized spacial score (nSPS) is 19.6. The van der Waals surface area contributed by atoms with Gasteiger partial charge in [-0.1, -0.05) is 11.6 Å². The number of aromatic nitrogens is 1. The van der Waals surface area contributed by atoms with Gasteiger partial charge >= 0.3 is 6.18 Å². The monoisotopic (exact) mass is 418 g/mol. The molecular weight excluding hydrogens is 393 g/mol. The number of nitrogens with one attached hydrogen (secondary N) is 1. The number of likely N-dealkylation sites (tertiary alicyclic amines) is 2. The molecule has 9 heteroatoms. The third-order valence-corrected chi connectivity index (χ3v) is 5.69. The SMILES string of the molecule is O=C(c1cnc(NCC2CCN(CC(F)(F)F)CC2)c(Cl)c1)N1CCCCC1. The van der Waals surface area contributed by atoms with Gasteiger partial charge in [0.1, 0.15) is 5.82 Å². The summed E-state index contributed by atoms with van der Waals surface area (Å²) in [5, 5.41) is 3.57. The number of hydrogen-bond donors (Lipinski definition) is 1. The van der Waals surface area contributed by atoms with E-state index in [4.69, 9.17) is 11.6 Å². The number of hydrogen-bond acceptors (Lipinski definition) is 4. The molecule has 0 spiro atoms. The molecule has 1 aromatic rings. The van der Waals surface area contributed by atoms with E-state index in [1.165, 1.54) is 11.1 Å². The number of carbonyl (C=O) groups excluding carboxylic acids is 1. The highest BCUT2D eigenvalue weighted by atomic mass is 35.5. The van der Waals surface area contributed by atoms with E-state index < -0.39 is 12.7 Å². The standard InChI is InChI=1S/C19H26ClF3N4O/c20-16-10-15(18(28)27-6-2-1-3-7-27)12-25-17(16)24-11-14-4-8-26(9-5-14)13-19(21,22)23/h10,12,14H,1-9,11,13H2,(H,24,25). The van der Waals surface area contributed by atoms with Crippen LogP contribution in [0.15, 0.2) is 12.3 Å². The summed E-state index contributed by atoms with van der Waals surface area (Å²) in [5.74, 6) is 0.740. The quantitative estimate of drug-likeness (QED) is 0.783. The van der Waals surface area contributed by atoms with Gasteiger partial charge in [0.2, 0.25) is 0 Å². The molecule has 0 radical (unpaired) electrons. The Kier molecular flexibility index (Phi) is 7.04. The predicted octanol–water partition coefficient (Wildman–Crippen LogP) is 4.05. The summed E-state index contributed by atoms with van der Waals surface area (Å²) in [5.41, 5.74) is 0.484. The molecule has 0 unspecified atom stereocenters. The molecule has 2 aliphatic heterocycles. The van der Waals surface area contributed by atoms with Gasteiger partial charge in [-0.3, -0.25) is 9.69 Å². The molecule has 0 atom stereocenters. The average Bonchev–Trinajstić information content (AvgIpc) is 2.67. The highest BCUT2D eigenvalue weighted by Crippen LogP contribution is 2.25. The fraction of sp³-hybridized carbons (Fsp3) is 0.684. The average molecular weight is 419 g/mol. The Bertz CT molecular complexity index is 672. The minimum absolute atomic E-state index is 0.0438. The van der Waals surface area contributed by atoms with Crippen LogP contribution in [0.3, 0.4) is 0 Å². The lowest BCUT2D eigenvalue weighted by Gasteiger charge is -2.32. The minimum Gasteiger partial charge on any atom is -0.369 e. The van der Waals surface area contributed by atoms with Gasteiger partial charge in [-0.15, -0.1) is 0 Å². The van der Waals surface area contributed by atoms with Crippen LogP contribution in [0, 0.1) is 5.92 Å². The Morgan fingerprint density at radius 3 is 2.46 bits per heavy atom. The van der Waals surface area contributed by atoms with E-state index in [2.05, 4.69) is 10.3 Å². The van der Waals surface area contributed by atoms with Crippen molar-refractivity contribution in [1.29, 1.82) is 0 Å². The van der Waals surface area contributed by atoms with Crippen molar-refractivity contribution >= 4 is 23.3 Å². The predicted molar refractivity (Wildman–Crippen MR) is 103 cm³/mol. The van der Waals surface area contributed by atoms with Crippen molar-refractivity contribution < 1.29 is 18.0 Å². The molecule has 2 saturated heterocycles. The minimum atomic E-state index is -4.14. The maximum atomic E-state index is 12.5. The first-order chi connectivity index (χ1) is 13.3. The summed E-state index contributed by atoms with van der Waals surface area (Å²) < 4.78 is 37.4. The number of anilines is 1. The Labute approximate surface area is 168 Å². The van der Waals surface area contributed by atoms with Crippen LogP contribution in [0.25, 0.3) is 0 Å². The number of piperidine rings is 2. The topological polar surface area (TPSA) is 48.5 Å². The zero-order valence-corrected chi connectivity index (χ0v) is 16.5. The summed E-state index contributed by atoms with van der Waals surface area (Å²) >= 11 is 6.30. The fourth-order valence-corrected chi connectivity index (χ4v) is 4.04. The van der Waals surface area contributed by atoms with Crippen LogP contribution in [-0.4, -0.2) is 66.1 Å². The van der Waals surface area contributed by atoms with Gasteiger partial charge in [-0.2, -0.15) is 13.2 Å². The smallest absolute Gasteiger partial charge is 0.369 e. The Morgan fingerprint density at radius 2 is 1.86 bits per heavy atom. The van der Waals surface area contributed by atoms with Crippen molar-refractivity contribution in [2.45, 2.75) is 38.3 Å². The summed E-state index contributed by atoms with van der Waals surface area (Å²) in [7, 11) is 0. The lowest BCUT2D eigenvalue weighted by Crippen LogP contribution is -2.41. The molecule has 2 aliphatic rings. The van der Waals surface area contributed by atoms with Gasteiger partial charge in [0, 0.05) is 25.8 Å². The van der Waals surface area contributed by atoms with Gasteiger partial charge in [0.05, 0.1) is 17.1 Å². The Morgan fingerprint density at radius 1 is 1.18 bits per heavy atom. The van der Waals surface area contributed by atoms with Crippen LogP contribution in [-0.2, 0) is 0 Å². The van der Waals surface area contributed by atoms with Crippen LogP contribution < -0.4 is 5.32 Å². The van der Waals surface area contributed by atoms with Crippen molar-refractivity contribution in [3.63, 3.8) is 0 Å². The van der Waals surface area contributed by atoms with Gasteiger partial charge in [-0.05, 0) is 57.2 Å². The van der Waals surface area contributed by atoms with Crippen molar-refractivity contribution in [2.75, 3.05) is 44.6 Å². The third-order valence-electron chi connectivity index (χ3n) is 5.40. The van der Waals surface area contributed by atoms with Crippen molar-refractivity contribution in [3.05, 3.63) is 22.8 Å². The summed E-state index contributed by atoms with van der Waals surface area (Å²) in [4.78, 5) is 20.1. The van der Waals surface area contributed by atoms with Gasteiger partial charge in [-0.25, -0.2) is 4.98 Å². The van der Waals surface area contributed by atoms with Crippen LogP contribution in [0.2, 0.25) is 5.02 Å². The number of alkyl halides is 3. The molecule has 156 valence electrons. The first-order valence-electron chi connectivity index (χ1n) is 9.79. The number of amides is 1. The number of pyridine rings is 1. The van der Waals surface area contributed by atoms with Crippen LogP contribution in [0.1, 0.15) is 42.5 Å². The maximum absolute atomic E-state index is 12.5. The molecule has 0 bridgehead atoms. The number of rotatable bonds is 5. The highest BCUT2D eigenvalue weighted by molar-refractivity contribution is 6.33.